The van der Waals surface area contributed by atoms with Gasteiger partial charge in [-0.2, -0.15) is 0 Å². The van der Waals surface area contributed by atoms with Crippen LogP contribution in [-0.4, -0.2) is 29.6 Å². The van der Waals surface area contributed by atoms with Crippen molar-refractivity contribution in [3.05, 3.63) is 51.4 Å². The number of nitrogens with one attached hydrogen (secondary N) is 1. The van der Waals surface area contributed by atoms with Crippen LogP contribution < -0.4 is 10.1 Å². The molecule has 0 fully saturated rings. The first-order chi connectivity index (χ1) is 11.4. The Balaban J connectivity index is 1.81. The Labute approximate surface area is 147 Å². The molecule has 1 unspecified atom stereocenters. The van der Waals surface area contributed by atoms with E-state index in [1.807, 2.05) is 6.07 Å². The summed E-state index contributed by atoms with van der Waals surface area (Å²) < 4.78 is 18.7. The summed E-state index contributed by atoms with van der Waals surface area (Å²) in [5.41, 5.74) is 0. The SMILES string of the molecule is O=C(CCc1ccc(Cl)s1)NCC(Oc1ccc(F)cc1)C(=O)O. The molecule has 0 saturated carbocycles. The number of hydrogen-bond donors (Lipinski definition) is 2. The summed E-state index contributed by atoms with van der Waals surface area (Å²) in [6, 6.07) is 8.59. The van der Waals surface area contributed by atoms with Gasteiger partial charge in [-0.05, 0) is 42.8 Å². The van der Waals surface area contributed by atoms with Crippen molar-refractivity contribution in [2.75, 3.05) is 6.54 Å². The van der Waals surface area contributed by atoms with Crippen LogP contribution in [0.5, 0.6) is 5.75 Å². The summed E-state index contributed by atoms with van der Waals surface area (Å²) in [6.07, 6.45) is -0.505. The minimum Gasteiger partial charge on any atom is -0.478 e. The highest BCUT2D eigenvalue weighted by molar-refractivity contribution is 7.16. The molecule has 1 aromatic heterocycles. The van der Waals surface area contributed by atoms with Crippen LogP contribution in [0.3, 0.4) is 0 Å². The van der Waals surface area contributed by atoms with E-state index < -0.39 is 17.9 Å². The van der Waals surface area contributed by atoms with E-state index in [9.17, 15) is 14.0 Å². The van der Waals surface area contributed by atoms with Crippen molar-refractivity contribution < 1.29 is 23.8 Å². The fourth-order valence-electron chi connectivity index (χ4n) is 1.87. The zero-order valence-electron chi connectivity index (χ0n) is 12.5. The van der Waals surface area contributed by atoms with E-state index >= 15 is 0 Å². The molecule has 128 valence electrons. The quantitative estimate of drug-likeness (QED) is 0.747. The number of aryl methyl sites for hydroxylation is 1. The Bertz CT molecular complexity index is 704. The summed E-state index contributed by atoms with van der Waals surface area (Å²) in [4.78, 5) is 24.0. The molecule has 24 heavy (non-hydrogen) atoms. The van der Waals surface area contributed by atoms with Crippen molar-refractivity contribution in [2.45, 2.75) is 18.9 Å². The number of rotatable bonds is 8. The number of carboxylic acids is 1. The third-order valence-corrected chi connectivity index (χ3v) is 4.37. The fraction of sp³-hybridized carbons (Fsp3) is 0.250. The topological polar surface area (TPSA) is 75.6 Å². The van der Waals surface area contributed by atoms with Crippen molar-refractivity contribution >= 4 is 34.8 Å². The number of halogens is 2. The average Bonchev–Trinajstić information content (AvgIpc) is 2.96. The van der Waals surface area contributed by atoms with Gasteiger partial charge in [0.05, 0.1) is 10.9 Å². The van der Waals surface area contributed by atoms with Gasteiger partial charge in [-0.15, -0.1) is 11.3 Å². The smallest absolute Gasteiger partial charge is 0.346 e. The monoisotopic (exact) mass is 371 g/mol. The standard InChI is InChI=1S/C16H15ClFNO4S/c17-14-7-5-12(24-14)6-8-15(20)19-9-13(16(21)22)23-11-3-1-10(18)2-4-11/h1-5,7,13H,6,8-9H2,(H,19,20)(H,21,22). The first-order valence-corrected chi connectivity index (χ1v) is 8.29. The van der Waals surface area contributed by atoms with E-state index in [1.54, 1.807) is 6.07 Å². The Kier molecular flexibility index (Phi) is 6.57. The van der Waals surface area contributed by atoms with E-state index in [2.05, 4.69) is 5.32 Å². The molecule has 2 rings (SSSR count). The number of aliphatic carboxylic acids is 1. The minimum absolute atomic E-state index is 0.184. The molecular weight excluding hydrogens is 357 g/mol. The first kappa shape index (κ1) is 18.2. The summed E-state index contributed by atoms with van der Waals surface area (Å²) in [5, 5.41) is 11.7. The number of amides is 1. The Morgan fingerprint density at radius 2 is 1.96 bits per heavy atom. The lowest BCUT2D eigenvalue weighted by atomic mass is 10.2. The van der Waals surface area contributed by atoms with Crippen molar-refractivity contribution in [3.63, 3.8) is 0 Å². The third kappa shape index (κ3) is 5.82. The first-order valence-electron chi connectivity index (χ1n) is 7.10. The van der Waals surface area contributed by atoms with E-state index in [-0.39, 0.29) is 24.6 Å². The Morgan fingerprint density at radius 1 is 1.25 bits per heavy atom. The van der Waals surface area contributed by atoms with Crippen LogP contribution in [0.25, 0.3) is 0 Å². The lowest BCUT2D eigenvalue weighted by Gasteiger charge is -2.15. The van der Waals surface area contributed by atoms with E-state index in [1.165, 1.54) is 35.6 Å². The van der Waals surface area contributed by atoms with Crippen molar-refractivity contribution in [2.24, 2.45) is 0 Å². The highest BCUT2D eigenvalue weighted by Crippen LogP contribution is 2.22. The van der Waals surface area contributed by atoms with Gasteiger partial charge in [0.25, 0.3) is 0 Å². The second-order valence-electron chi connectivity index (χ2n) is 4.91. The van der Waals surface area contributed by atoms with Crippen LogP contribution in [-0.2, 0) is 16.0 Å². The number of carboxylic acid groups (broad SMARTS) is 1. The predicted octanol–water partition coefficient (Wildman–Crippen LogP) is 3.12. The number of hydrogen-bond acceptors (Lipinski definition) is 4. The molecule has 1 amide bonds. The Morgan fingerprint density at radius 3 is 2.54 bits per heavy atom. The molecule has 0 aliphatic carbocycles. The van der Waals surface area contributed by atoms with Gasteiger partial charge in [-0.1, -0.05) is 11.6 Å². The van der Waals surface area contributed by atoms with E-state index in [0.717, 1.165) is 4.88 Å². The molecule has 0 saturated heterocycles. The summed E-state index contributed by atoms with van der Waals surface area (Å²) in [6.45, 7) is -0.184. The summed E-state index contributed by atoms with van der Waals surface area (Å²) in [5.74, 6) is -1.74. The maximum atomic E-state index is 12.8. The molecule has 2 N–H and O–H groups in total. The van der Waals surface area contributed by atoms with Gasteiger partial charge in [-0.3, -0.25) is 4.79 Å². The van der Waals surface area contributed by atoms with Crippen LogP contribution in [0.2, 0.25) is 4.34 Å². The van der Waals surface area contributed by atoms with Crippen LogP contribution >= 0.6 is 22.9 Å². The minimum atomic E-state index is -1.25. The number of thiophene rings is 1. The van der Waals surface area contributed by atoms with E-state index in [4.69, 9.17) is 21.4 Å². The number of ether oxygens (including phenoxy) is 1. The molecule has 0 spiro atoms. The molecule has 0 bridgehead atoms. The van der Waals surface area contributed by atoms with Crippen molar-refractivity contribution in [3.8, 4) is 5.75 Å². The largest absolute Gasteiger partial charge is 0.478 e. The van der Waals surface area contributed by atoms with Gasteiger partial charge in [0, 0.05) is 11.3 Å². The van der Waals surface area contributed by atoms with Crippen LogP contribution in [0.4, 0.5) is 4.39 Å². The molecule has 5 nitrogen and oxygen atoms in total. The zero-order valence-corrected chi connectivity index (χ0v) is 14.1. The highest BCUT2D eigenvalue weighted by atomic mass is 35.5. The summed E-state index contributed by atoms with van der Waals surface area (Å²) >= 11 is 7.21. The molecule has 1 heterocycles. The maximum Gasteiger partial charge on any atom is 0.346 e. The van der Waals surface area contributed by atoms with Gasteiger partial charge in [-0.25, -0.2) is 9.18 Å². The van der Waals surface area contributed by atoms with Crippen molar-refractivity contribution in [1.82, 2.24) is 5.32 Å². The highest BCUT2D eigenvalue weighted by Gasteiger charge is 2.20. The molecule has 1 atom stereocenters. The number of carbonyl (C=O) groups is 2. The van der Waals surface area contributed by atoms with Gasteiger partial charge in [0.1, 0.15) is 11.6 Å². The lowest BCUT2D eigenvalue weighted by molar-refractivity contribution is -0.145. The molecule has 2 aromatic rings. The van der Waals surface area contributed by atoms with Gasteiger partial charge in [0.15, 0.2) is 0 Å². The van der Waals surface area contributed by atoms with E-state index in [0.29, 0.717) is 10.8 Å². The molecule has 8 heteroatoms. The average molecular weight is 372 g/mol. The number of carbonyl (C=O) groups excluding carboxylic acids is 1. The fourth-order valence-corrected chi connectivity index (χ4v) is 2.96. The molecule has 0 aliphatic rings. The van der Waals surface area contributed by atoms with Gasteiger partial charge in [0.2, 0.25) is 12.0 Å². The normalized spacial score (nSPS) is 11.8. The zero-order chi connectivity index (χ0) is 17.5. The Hall–Kier alpha value is -2.12. The van der Waals surface area contributed by atoms with Crippen molar-refractivity contribution in [1.29, 1.82) is 0 Å². The van der Waals surface area contributed by atoms with Gasteiger partial charge >= 0.3 is 5.97 Å². The molecule has 1 aromatic carbocycles. The lowest BCUT2D eigenvalue weighted by Crippen LogP contribution is -2.40. The third-order valence-electron chi connectivity index (χ3n) is 3.08. The maximum absolute atomic E-state index is 12.8. The molecule has 0 radical (unpaired) electrons. The summed E-state index contributed by atoms with van der Waals surface area (Å²) in [7, 11) is 0. The molecule has 0 aliphatic heterocycles. The predicted molar refractivity (Wildman–Crippen MR) is 89.1 cm³/mol. The van der Waals surface area contributed by atoms with Crippen LogP contribution in [0.15, 0.2) is 36.4 Å². The van der Waals surface area contributed by atoms with Crippen LogP contribution in [0, 0.1) is 5.82 Å². The number of benzene rings is 1. The van der Waals surface area contributed by atoms with Crippen LogP contribution in [0.1, 0.15) is 11.3 Å². The second kappa shape index (κ2) is 8.65. The van der Waals surface area contributed by atoms with Gasteiger partial charge < -0.3 is 15.2 Å². The molecular formula is C16H15ClFNO4S. The second-order valence-corrected chi connectivity index (χ2v) is 6.71.